The zero-order valence-electron chi connectivity index (χ0n) is 12.0. The first-order chi connectivity index (χ1) is 9.58. The Kier molecular flexibility index (Phi) is 5.36. The van der Waals surface area contributed by atoms with E-state index in [2.05, 4.69) is 44.1 Å². The number of nitrogens with one attached hydrogen (secondary N) is 1. The Labute approximate surface area is 144 Å². The van der Waals surface area contributed by atoms with Crippen LogP contribution < -0.4 is 10.2 Å². The summed E-state index contributed by atoms with van der Waals surface area (Å²) in [5, 5.41) is 5.25. The lowest BCUT2D eigenvalue weighted by Crippen LogP contribution is -2.43. The molecule has 3 nitrogen and oxygen atoms in total. The molecule has 0 amide bonds. The Morgan fingerprint density at radius 2 is 1.90 bits per heavy atom. The Morgan fingerprint density at radius 1 is 1.24 bits per heavy atom. The maximum atomic E-state index is 6.39. The smallest absolute Gasteiger partial charge is 0.0913 e. The summed E-state index contributed by atoms with van der Waals surface area (Å²) in [4.78, 5) is 7.06. The van der Waals surface area contributed by atoms with E-state index in [1.54, 1.807) is 0 Å². The highest BCUT2D eigenvalue weighted by molar-refractivity contribution is 9.10. The van der Waals surface area contributed by atoms with E-state index < -0.39 is 0 Å². The molecule has 0 unspecified atom stereocenters. The molecule has 0 bridgehead atoms. The minimum absolute atomic E-state index is 0. The van der Waals surface area contributed by atoms with Crippen LogP contribution in [-0.4, -0.2) is 31.2 Å². The van der Waals surface area contributed by atoms with E-state index >= 15 is 0 Å². The van der Waals surface area contributed by atoms with E-state index in [0.717, 1.165) is 57.8 Å². The van der Waals surface area contributed by atoms with Crippen LogP contribution in [0.15, 0.2) is 16.6 Å². The Balaban J connectivity index is 0.00000161. The van der Waals surface area contributed by atoms with E-state index in [1.807, 2.05) is 13.0 Å². The van der Waals surface area contributed by atoms with Gasteiger partial charge in [-0.1, -0.05) is 11.6 Å². The molecule has 3 rings (SSSR count). The molecule has 1 saturated heterocycles. The molecule has 2 heterocycles. The van der Waals surface area contributed by atoms with Crippen LogP contribution in [0.1, 0.15) is 11.3 Å². The van der Waals surface area contributed by atoms with Gasteiger partial charge in [0.2, 0.25) is 0 Å². The fourth-order valence-electron chi connectivity index (χ4n) is 2.73. The predicted molar refractivity (Wildman–Crippen MR) is 96.3 cm³/mol. The zero-order chi connectivity index (χ0) is 14.3. The van der Waals surface area contributed by atoms with Gasteiger partial charge in [-0.3, -0.25) is 4.98 Å². The van der Waals surface area contributed by atoms with Gasteiger partial charge in [-0.25, -0.2) is 0 Å². The topological polar surface area (TPSA) is 28.2 Å². The summed E-state index contributed by atoms with van der Waals surface area (Å²) < 4.78 is 1.08. The van der Waals surface area contributed by atoms with Crippen LogP contribution in [0.25, 0.3) is 10.9 Å². The standard InChI is InChI=1S/C15H17BrClN3.ClH/c1-9-7-11-14(12(17)8-9)19-10(2)13(16)15(11)20-5-3-18-4-6-20;/h7-8,18H,3-6H2,1-2H3;1H. The molecule has 1 fully saturated rings. The quantitative estimate of drug-likeness (QED) is 0.794. The number of hydrogen-bond acceptors (Lipinski definition) is 3. The van der Waals surface area contributed by atoms with E-state index in [-0.39, 0.29) is 12.4 Å². The molecule has 21 heavy (non-hydrogen) atoms. The lowest BCUT2D eigenvalue weighted by molar-refractivity contribution is 0.589. The van der Waals surface area contributed by atoms with Crippen LogP contribution in [0.4, 0.5) is 5.69 Å². The van der Waals surface area contributed by atoms with Crippen LogP contribution in [0.3, 0.4) is 0 Å². The molecule has 1 aromatic carbocycles. The van der Waals surface area contributed by atoms with Crippen molar-refractivity contribution >= 4 is 56.5 Å². The molecule has 6 heteroatoms. The lowest BCUT2D eigenvalue weighted by Gasteiger charge is -2.31. The van der Waals surface area contributed by atoms with Crippen LogP contribution >= 0.6 is 39.9 Å². The molecule has 1 aromatic heterocycles. The van der Waals surface area contributed by atoms with Crippen molar-refractivity contribution in [1.82, 2.24) is 10.3 Å². The van der Waals surface area contributed by atoms with Crippen LogP contribution in [0.5, 0.6) is 0 Å². The maximum absolute atomic E-state index is 6.39. The summed E-state index contributed by atoms with van der Waals surface area (Å²) in [6, 6.07) is 4.15. The minimum Gasteiger partial charge on any atom is -0.367 e. The number of aromatic nitrogens is 1. The van der Waals surface area contributed by atoms with Crippen molar-refractivity contribution in [2.45, 2.75) is 13.8 Å². The summed E-state index contributed by atoms with van der Waals surface area (Å²) in [7, 11) is 0. The van der Waals surface area contributed by atoms with E-state index in [9.17, 15) is 0 Å². The normalized spacial score (nSPS) is 15.1. The number of rotatable bonds is 1. The molecule has 0 aliphatic carbocycles. The first-order valence-corrected chi connectivity index (χ1v) is 7.96. The summed E-state index contributed by atoms with van der Waals surface area (Å²) in [6.45, 7) is 8.11. The van der Waals surface area contributed by atoms with Gasteiger partial charge in [0, 0.05) is 31.6 Å². The number of benzene rings is 1. The third-order valence-corrected chi connectivity index (χ3v) is 4.94. The average molecular weight is 391 g/mol. The van der Waals surface area contributed by atoms with E-state index in [4.69, 9.17) is 11.6 Å². The molecular formula is C15H18BrCl2N3. The van der Waals surface area contributed by atoms with Crippen molar-refractivity contribution in [1.29, 1.82) is 0 Å². The molecule has 0 radical (unpaired) electrons. The number of fused-ring (bicyclic) bond motifs is 1. The number of hydrogen-bond donors (Lipinski definition) is 1. The fourth-order valence-corrected chi connectivity index (χ4v) is 3.60. The SMILES string of the molecule is Cc1cc(Cl)c2nc(C)c(Br)c(N3CCNCC3)c2c1.Cl. The van der Waals surface area contributed by atoms with E-state index in [1.165, 1.54) is 5.69 Å². The number of nitrogens with zero attached hydrogens (tertiary/aromatic N) is 2. The van der Waals surface area contributed by atoms with Gasteiger partial charge < -0.3 is 10.2 Å². The van der Waals surface area contributed by atoms with E-state index in [0.29, 0.717) is 0 Å². The van der Waals surface area contributed by atoms with Crippen molar-refractivity contribution in [3.63, 3.8) is 0 Å². The highest BCUT2D eigenvalue weighted by Gasteiger charge is 2.20. The summed E-state index contributed by atoms with van der Waals surface area (Å²) in [6.07, 6.45) is 0. The van der Waals surface area contributed by atoms with Gasteiger partial charge in [0.15, 0.2) is 0 Å². The highest BCUT2D eigenvalue weighted by Crippen LogP contribution is 2.38. The maximum Gasteiger partial charge on any atom is 0.0913 e. The average Bonchev–Trinajstić information content (AvgIpc) is 2.42. The first kappa shape index (κ1) is 16.8. The molecule has 1 aliphatic heterocycles. The van der Waals surface area contributed by atoms with Crippen molar-refractivity contribution in [2.75, 3.05) is 31.1 Å². The zero-order valence-corrected chi connectivity index (χ0v) is 15.2. The molecule has 0 saturated carbocycles. The van der Waals surface area contributed by atoms with Crippen LogP contribution in [0, 0.1) is 13.8 Å². The first-order valence-electron chi connectivity index (χ1n) is 6.79. The number of halogens is 3. The van der Waals surface area contributed by atoms with Crippen molar-refractivity contribution in [2.24, 2.45) is 0 Å². The predicted octanol–water partition coefficient (Wildman–Crippen LogP) is 4.10. The Hall–Kier alpha value is -0.550. The lowest BCUT2D eigenvalue weighted by atomic mass is 10.1. The minimum atomic E-state index is 0. The third-order valence-electron chi connectivity index (χ3n) is 3.70. The van der Waals surface area contributed by atoms with Crippen molar-refractivity contribution in [3.05, 3.63) is 32.9 Å². The van der Waals surface area contributed by atoms with Gasteiger partial charge in [-0.15, -0.1) is 12.4 Å². The molecule has 2 aromatic rings. The monoisotopic (exact) mass is 389 g/mol. The fraction of sp³-hybridized carbons (Fsp3) is 0.400. The van der Waals surface area contributed by atoms with Gasteiger partial charge in [-0.05, 0) is 47.5 Å². The molecule has 1 N–H and O–H groups in total. The number of aryl methyl sites for hydroxylation is 2. The third kappa shape index (κ3) is 3.14. The van der Waals surface area contributed by atoms with Gasteiger partial charge in [-0.2, -0.15) is 0 Å². The van der Waals surface area contributed by atoms with Crippen LogP contribution in [0.2, 0.25) is 5.02 Å². The highest BCUT2D eigenvalue weighted by atomic mass is 79.9. The van der Waals surface area contributed by atoms with Crippen molar-refractivity contribution in [3.8, 4) is 0 Å². The molecule has 0 atom stereocenters. The number of pyridine rings is 1. The van der Waals surface area contributed by atoms with Gasteiger partial charge in [0.05, 0.1) is 26.4 Å². The molecular weight excluding hydrogens is 373 g/mol. The number of piperazine rings is 1. The van der Waals surface area contributed by atoms with Crippen LogP contribution in [-0.2, 0) is 0 Å². The summed E-state index contributed by atoms with van der Waals surface area (Å²) in [5.41, 5.74) is 4.26. The van der Waals surface area contributed by atoms with Gasteiger partial charge in [0.1, 0.15) is 0 Å². The largest absolute Gasteiger partial charge is 0.367 e. The number of anilines is 1. The summed E-state index contributed by atoms with van der Waals surface area (Å²) >= 11 is 10.1. The Morgan fingerprint density at radius 3 is 2.57 bits per heavy atom. The molecule has 0 spiro atoms. The second kappa shape index (κ2) is 6.69. The Bertz CT molecular complexity index is 670. The van der Waals surface area contributed by atoms with Gasteiger partial charge in [0.25, 0.3) is 0 Å². The summed E-state index contributed by atoms with van der Waals surface area (Å²) in [5.74, 6) is 0. The second-order valence-electron chi connectivity index (χ2n) is 5.24. The molecule has 114 valence electrons. The van der Waals surface area contributed by atoms with Crippen molar-refractivity contribution < 1.29 is 0 Å². The van der Waals surface area contributed by atoms with Gasteiger partial charge >= 0.3 is 0 Å². The molecule has 1 aliphatic rings. The second-order valence-corrected chi connectivity index (χ2v) is 6.44.